The lowest BCUT2D eigenvalue weighted by Crippen LogP contribution is -2.33. The van der Waals surface area contributed by atoms with E-state index in [-0.39, 0.29) is 6.04 Å². The molecule has 23 heavy (non-hydrogen) atoms. The van der Waals surface area contributed by atoms with E-state index in [2.05, 4.69) is 33.0 Å². The second kappa shape index (κ2) is 5.67. The number of aromatic nitrogens is 1. The zero-order valence-corrected chi connectivity index (χ0v) is 14.3. The second-order valence-electron chi connectivity index (χ2n) is 5.80. The van der Waals surface area contributed by atoms with Crippen LogP contribution in [-0.4, -0.2) is 28.9 Å². The number of H-pyrrole nitrogens is 1. The van der Waals surface area contributed by atoms with E-state index in [9.17, 15) is 5.21 Å². The molecule has 1 unspecified atom stereocenters. The summed E-state index contributed by atoms with van der Waals surface area (Å²) in [7, 11) is 1.65. The van der Waals surface area contributed by atoms with Gasteiger partial charge in [-0.25, -0.2) is 0 Å². The Balaban J connectivity index is 1.86. The first-order chi connectivity index (χ1) is 11.2. The van der Waals surface area contributed by atoms with Gasteiger partial charge in [0.05, 0.1) is 7.11 Å². The number of ether oxygens (including phenoxy) is 1. The minimum absolute atomic E-state index is 0.184. The highest BCUT2D eigenvalue weighted by atomic mass is 79.9. The van der Waals surface area contributed by atoms with E-state index in [0.29, 0.717) is 6.54 Å². The molecule has 1 atom stereocenters. The first-order valence-corrected chi connectivity index (χ1v) is 8.36. The molecular formula is C18H17BrN2O2. The van der Waals surface area contributed by atoms with Gasteiger partial charge < -0.3 is 14.9 Å². The van der Waals surface area contributed by atoms with E-state index >= 15 is 0 Å². The van der Waals surface area contributed by atoms with Crippen LogP contribution in [0, 0.1) is 0 Å². The molecule has 0 fully saturated rings. The molecule has 0 spiro atoms. The van der Waals surface area contributed by atoms with Crippen LogP contribution in [0.2, 0.25) is 0 Å². The maximum atomic E-state index is 10.4. The third kappa shape index (κ3) is 2.45. The standard InChI is InChI=1S/C18H17BrN2O2/c1-23-13-5-2-11(3-6-13)18-17-14(8-9-21(18)22)15-10-12(19)4-7-16(15)20-17/h2-7,10,18,20,22H,8-9H2,1H3. The van der Waals surface area contributed by atoms with Crippen molar-refractivity contribution in [2.75, 3.05) is 13.7 Å². The van der Waals surface area contributed by atoms with Gasteiger partial charge in [-0.15, -0.1) is 0 Å². The van der Waals surface area contributed by atoms with Crippen molar-refractivity contribution in [2.24, 2.45) is 0 Å². The van der Waals surface area contributed by atoms with Gasteiger partial charge in [-0.3, -0.25) is 0 Å². The van der Waals surface area contributed by atoms with Crippen LogP contribution in [0.4, 0.5) is 0 Å². The summed E-state index contributed by atoms with van der Waals surface area (Å²) in [5.74, 6) is 0.815. The van der Waals surface area contributed by atoms with Gasteiger partial charge in [0.15, 0.2) is 0 Å². The number of benzene rings is 2. The number of hydrogen-bond donors (Lipinski definition) is 2. The van der Waals surface area contributed by atoms with Crippen LogP contribution in [0.5, 0.6) is 5.75 Å². The summed E-state index contributed by atoms with van der Waals surface area (Å²) in [6.45, 7) is 0.614. The molecule has 0 aliphatic carbocycles. The van der Waals surface area contributed by atoms with Crippen molar-refractivity contribution in [3.8, 4) is 5.75 Å². The van der Waals surface area contributed by atoms with E-state index in [1.54, 1.807) is 7.11 Å². The number of nitrogens with one attached hydrogen (secondary N) is 1. The number of nitrogens with zero attached hydrogens (tertiary/aromatic N) is 1. The predicted octanol–water partition coefficient (Wildman–Crippen LogP) is 4.28. The van der Waals surface area contributed by atoms with Gasteiger partial charge >= 0.3 is 0 Å². The number of methoxy groups -OCH3 is 1. The minimum Gasteiger partial charge on any atom is -0.497 e. The molecule has 0 radical (unpaired) electrons. The Kier molecular flexibility index (Phi) is 3.64. The second-order valence-corrected chi connectivity index (χ2v) is 6.71. The molecule has 3 aromatic rings. The van der Waals surface area contributed by atoms with E-state index in [1.807, 2.05) is 30.3 Å². The molecule has 4 nitrogen and oxygen atoms in total. The number of rotatable bonds is 2. The average molecular weight is 373 g/mol. The first kappa shape index (κ1) is 14.8. The molecule has 5 heteroatoms. The molecule has 4 rings (SSSR count). The normalized spacial score (nSPS) is 18.1. The molecule has 0 bridgehead atoms. The third-order valence-electron chi connectivity index (χ3n) is 4.50. The van der Waals surface area contributed by atoms with Crippen LogP contribution in [0.25, 0.3) is 10.9 Å². The lowest BCUT2D eigenvalue weighted by Gasteiger charge is -2.31. The monoisotopic (exact) mass is 372 g/mol. The average Bonchev–Trinajstić information content (AvgIpc) is 2.92. The van der Waals surface area contributed by atoms with Gasteiger partial charge in [0.2, 0.25) is 0 Å². The van der Waals surface area contributed by atoms with Crippen LogP contribution >= 0.6 is 15.9 Å². The molecule has 0 saturated heterocycles. The van der Waals surface area contributed by atoms with Crippen LogP contribution in [0.1, 0.15) is 22.9 Å². The zero-order valence-electron chi connectivity index (χ0n) is 12.7. The summed E-state index contributed by atoms with van der Waals surface area (Å²) >= 11 is 3.55. The number of aromatic amines is 1. The number of hydrogen-bond acceptors (Lipinski definition) is 3. The van der Waals surface area contributed by atoms with Crippen molar-refractivity contribution in [1.29, 1.82) is 0 Å². The molecular weight excluding hydrogens is 356 g/mol. The molecule has 0 amide bonds. The van der Waals surface area contributed by atoms with Crippen LogP contribution in [-0.2, 0) is 6.42 Å². The smallest absolute Gasteiger partial charge is 0.118 e. The fourth-order valence-corrected chi connectivity index (χ4v) is 3.73. The van der Waals surface area contributed by atoms with Crippen molar-refractivity contribution in [3.05, 3.63) is 63.8 Å². The summed E-state index contributed by atoms with van der Waals surface area (Å²) in [5, 5.41) is 13.1. The van der Waals surface area contributed by atoms with Crippen LogP contribution in [0.3, 0.4) is 0 Å². The van der Waals surface area contributed by atoms with Gasteiger partial charge in [-0.2, -0.15) is 5.06 Å². The van der Waals surface area contributed by atoms with Crippen LogP contribution in [0.15, 0.2) is 46.9 Å². The zero-order chi connectivity index (χ0) is 16.0. The highest BCUT2D eigenvalue weighted by Gasteiger charge is 2.30. The van der Waals surface area contributed by atoms with Crippen molar-refractivity contribution in [2.45, 2.75) is 12.5 Å². The highest BCUT2D eigenvalue weighted by molar-refractivity contribution is 9.10. The summed E-state index contributed by atoms with van der Waals surface area (Å²) in [5.41, 5.74) is 4.50. The Morgan fingerprint density at radius 3 is 2.74 bits per heavy atom. The Morgan fingerprint density at radius 2 is 2.00 bits per heavy atom. The number of hydroxylamine groups is 2. The molecule has 0 saturated carbocycles. The maximum absolute atomic E-state index is 10.4. The first-order valence-electron chi connectivity index (χ1n) is 7.57. The molecule has 2 heterocycles. The van der Waals surface area contributed by atoms with Crippen LogP contribution < -0.4 is 4.74 Å². The maximum Gasteiger partial charge on any atom is 0.118 e. The molecule has 2 aromatic carbocycles. The molecule has 1 aliphatic heterocycles. The van der Waals surface area contributed by atoms with Crippen molar-refractivity contribution < 1.29 is 9.94 Å². The highest BCUT2D eigenvalue weighted by Crippen LogP contribution is 2.38. The molecule has 1 aromatic heterocycles. The fraction of sp³-hybridized carbons (Fsp3) is 0.222. The Hall–Kier alpha value is -1.82. The van der Waals surface area contributed by atoms with Crippen molar-refractivity contribution >= 4 is 26.8 Å². The Bertz CT molecular complexity index is 857. The van der Waals surface area contributed by atoms with Gasteiger partial charge in [-0.1, -0.05) is 28.1 Å². The summed E-state index contributed by atoms with van der Waals surface area (Å²) in [4.78, 5) is 3.50. The topological polar surface area (TPSA) is 48.5 Å². The van der Waals surface area contributed by atoms with Gasteiger partial charge in [0.25, 0.3) is 0 Å². The van der Waals surface area contributed by atoms with Crippen molar-refractivity contribution in [1.82, 2.24) is 10.0 Å². The molecule has 118 valence electrons. The van der Waals surface area contributed by atoms with Crippen molar-refractivity contribution in [3.63, 3.8) is 0 Å². The van der Waals surface area contributed by atoms with E-state index < -0.39 is 0 Å². The van der Waals surface area contributed by atoms with Gasteiger partial charge in [0, 0.05) is 27.6 Å². The summed E-state index contributed by atoms with van der Waals surface area (Å²) in [6.07, 6.45) is 0.828. The minimum atomic E-state index is -0.184. The van der Waals surface area contributed by atoms with Gasteiger partial charge in [-0.05, 0) is 47.9 Å². The molecule has 2 N–H and O–H groups in total. The predicted molar refractivity (Wildman–Crippen MR) is 93.0 cm³/mol. The number of fused-ring (bicyclic) bond motifs is 3. The Labute approximate surface area is 142 Å². The Morgan fingerprint density at radius 1 is 1.22 bits per heavy atom. The third-order valence-corrected chi connectivity index (χ3v) is 4.99. The largest absolute Gasteiger partial charge is 0.497 e. The summed E-state index contributed by atoms with van der Waals surface area (Å²) < 4.78 is 6.29. The number of halogens is 1. The SMILES string of the molecule is COc1ccc(C2c3[nH]c4ccc(Br)cc4c3CCN2O)cc1. The van der Waals surface area contributed by atoms with E-state index in [1.165, 1.54) is 16.0 Å². The lowest BCUT2D eigenvalue weighted by molar-refractivity contribution is -0.122. The fourth-order valence-electron chi connectivity index (χ4n) is 3.37. The molecule has 1 aliphatic rings. The summed E-state index contributed by atoms with van der Waals surface area (Å²) in [6, 6.07) is 13.9. The lowest BCUT2D eigenvalue weighted by atomic mass is 9.94. The van der Waals surface area contributed by atoms with Gasteiger partial charge in [0.1, 0.15) is 11.8 Å². The quantitative estimate of drug-likeness (QED) is 0.705. The van der Waals surface area contributed by atoms with E-state index in [0.717, 1.165) is 33.4 Å². The van der Waals surface area contributed by atoms with E-state index in [4.69, 9.17) is 4.74 Å².